The van der Waals surface area contributed by atoms with Crippen molar-refractivity contribution in [2.24, 2.45) is 5.10 Å². The fraction of sp³-hybridized carbons (Fsp3) is 0.200. The Labute approximate surface area is 92.6 Å². The van der Waals surface area contributed by atoms with Crippen LogP contribution in [0.1, 0.15) is 5.56 Å². The summed E-state index contributed by atoms with van der Waals surface area (Å²) in [6.07, 6.45) is 2.06. The van der Waals surface area contributed by atoms with Crippen LogP contribution in [-0.4, -0.2) is 23.8 Å². The second kappa shape index (κ2) is 6.16. The lowest BCUT2D eigenvalue weighted by Gasteiger charge is -1.98. The molecule has 4 nitrogen and oxygen atoms in total. The Balaban J connectivity index is 2.44. The number of nitrogens with zero attached hydrogens (tertiary/aromatic N) is 1. The van der Waals surface area contributed by atoms with E-state index in [-0.39, 0.29) is 0 Å². The SMILES string of the molecule is O=C(CO)NN=CCc1ccccc1Cl. The van der Waals surface area contributed by atoms with Crippen LogP contribution in [0.2, 0.25) is 5.02 Å². The molecule has 0 heterocycles. The van der Waals surface area contributed by atoms with Gasteiger partial charge >= 0.3 is 0 Å². The van der Waals surface area contributed by atoms with Crippen LogP contribution in [0.4, 0.5) is 0 Å². The topological polar surface area (TPSA) is 61.7 Å². The third-order valence-corrected chi connectivity index (χ3v) is 2.06. The number of nitrogens with one attached hydrogen (secondary N) is 1. The minimum absolute atomic E-state index is 0.533. The van der Waals surface area contributed by atoms with Gasteiger partial charge in [0.1, 0.15) is 6.61 Å². The summed E-state index contributed by atoms with van der Waals surface area (Å²) in [6.45, 7) is -0.566. The van der Waals surface area contributed by atoms with Crippen LogP contribution in [0, 0.1) is 0 Å². The van der Waals surface area contributed by atoms with Gasteiger partial charge in [-0.05, 0) is 11.6 Å². The minimum atomic E-state index is -0.566. The number of carbonyl (C=O) groups excluding carboxylic acids is 1. The number of rotatable bonds is 4. The molecule has 2 N–H and O–H groups in total. The van der Waals surface area contributed by atoms with Crippen LogP contribution in [0.15, 0.2) is 29.4 Å². The average molecular weight is 227 g/mol. The van der Waals surface area contributed by atoms with E-state index >= 15 is 0 Å². The van der Waals surface area contributed by atoms with Crippen LogP contribution in [0.3, 0.4) is 0 Å². The number of hydrogen-bond acceptors (Lipinski definition) is 3. The first-order valence-corrected chi connectivity index (χ1v) is 4.76. The zero-order valence-corrected chi connectivity index (χ0v) is 8.74. The first kappa shape index (κ1) is 11.7. The quantitative estimate of drug-likeness (QED) is 0.594. The fourth-order valence-corrected chi connectivity index (χ4v) is 1.17. The number of hydrazone groups is 1. The molecule has 0 atom stereocenters. The predicted molar refractivity (Wildman–Crippen MR) is 58.9 cm³/mol. The number of hydrogen-bond donors (Lipinski definition) is 2. The van der Waals surface area contributed by atoms with Crippen molar-refractivity contribution in [3.05, 3.63) is 34.9 Å². The van der Waals surface area contributed by atoms with Crippen molar-refractivity contribution in [2.45, 2.75) is 6.42 Å². The van der Waals surface area contributed by atoms with Gasteiger partial charge in [0, 0.05) is 17.7 Å². The van der Waals surface area contributed by atoms with Crippen LogP contribution in [0.25, 0.3) is 0 Å². The van der Waals surface area contributed by atoms with E-state index in [1.165, 1.54) is 6.21 Å². The summed E-state index contributed by atoms with van der Waals surface area (Å²) in [5.41, 5.74) is 3.09. The zero-order chi connectivity index (χ0) is 11.1. The molecule has 0 saturated heterocycles. The van der Waals surface area contributed by atoms with E-state index in [1.54, 1.807) is 6.07 Å². The summed E-state index contributed by atoms with van der Waals surface area (Å²) in [5, 5.41) is 12.7. The molecule has 1 aromatic rings. The lowest BCUT2D eigenvalue weighted by molar-refractivity contribution is -0.123. The monoisotopic (exact) mass is 226 g/mol. The molecule has 5 heteroatoms. The molecular weight excluding hydrogens is 216 g/mol. The van der Waals surface area contributed by atoms with E-state index < -0.39 is 12.5 Å². The third-order valence-electron chi connectivity index (χ3n) is 1.69. The first-order chi connectivity index (χ1) is 7.24. The van der Waals surface area contributed by atoms with Gasteiger partial charge < -0.3 is 5.11 Å². The van der Waals surface area contributed by atoms with Crippen molar-refractivity contribution in [3.8, 4) is 0 Å². The Kier molecular flexibility index (Phi) is 4.80. The van der Waals surface area contributed by atoms with Gasteiger partial charge in [0.2, 0.25) is 0 Å². The third kappa shape index (κ3) is 4.10. The second-order valence-corrected chi connectivity index (χ2v) is 3.21. The zero-order valence-electron chi connectivity index (χ0n) is 7.98. The van der Waals surface area contributed by atoms with E-state index in [0.29, 0.717) is 11.4 Å². The van der Waals surface area contributed by atoms with Gasteiger partial charge in [-0.3, -0.25) is 4.79 Å². The Morgan fingerprint density at radius 3 is 2.93 bits per heavy atom. The molecule has 0 radical (unpaired) electrons. The van der Waals surface area contributed by atoms with Gasteiger partial charge in [-0.25, -0.2) is 5.43 Å². The molecule has 0 saturated carbocycles. The largest absolute Gasteiger partial charge is 0.386 e. The van der Waals surface area contributed by atoms with Crippen molar-refractivity contribution in [1.29, 1.82) is 0 Å². The van der Waals surface area contributed by atoms with Crippen LogP contribution in [0.5, 0.6) is 0 Å². The van der Waals surface area contributed by atoms with Crippen molar-refractivity contribution >= 4 is 23.7 Å². The van der Waals surface area contributed by atoms with Crippen molar-refractivity contribution in [1.82, 2.24) is 5.43 Å². The Morgan fingerprint density at radius 1 is 1.53 bits per heavy atom. The van der Waals surface area contributed by atoms with Gasteiger partial charge in [0.15, 0.2) is 0 Å². The Bertz CT molecular complexity index is 366. The maximum atomic E-state index is 10.6. The van der Waals surface area contributed by atoms with E-state index in [4.69, 9.17) is 16.7 Å². The lowest BCUT2D eigenvalue weighted by atomic mass is 10.2. The molecule has 0 aliphatic rings. The fourth-order valence-electron chi connectivity index (χ4n) is 0.961. The van der Waals surface area contributed by atoms with Crippen LogP contribution < -0.4 is 5.43 Å². The molecule has 0 spiro atoms. The molecule has 1 rings (SSSR count). The van der Waals surface area contributed by atoms with Gasteiger partial charge in [0.25, 0.3) is 5.91 Å². The van der Waals surface area contributed by atoms with Crippen LogP contribution in [-0.2, 0) is 11.2 Å². The van der Waals surface area contributed by atoms with E-state index in [1.807, 2.05) is 18.2 Å². The van der Waals surface area contributed by atoms with Crippen molar-refractivity contribution in [3.63, 3.8) is 0 Å². The highest BCUT2D eigenvalue weighted by molar-refractivity contribution is 6.31. The van der Waals surface area contributed by atoms with Crippen molar-refractivity contribution < 1.29 is 9.90 Å². The predicted octanol–water partition coefficient (Wildman–Crippen LogP) is 0.977. The van der Waals surface area contributed by atoms with E-state index in [0.717, 1.165) is 5.56 Å². The normalized spacial score (nSPS) is 10.5. The van der Waals surface area contributed by atoms with E-state index in [2.05, 4.69) is 10.5 Å². The summed E-state index contributed by atoms with van der Waals surface area (Å²) >= 11 is 5.90. The standard InChI is InChI=1S/C10H11ClN2O2/c11-9-4-2-1-3-8(9)5-6-12-13-10(15)7-14/h1-4,6,14H,5,7H2,(H,13,15). The lowest BCUT2D eigenvalue weighted by Crippen LogP contribution is -2.20. The highest BCUT2D eigenvalue weighted by atomic mass is 35.5. The molecule has 0 unspecified atom stereocenters. The maximum absolute atomic E-state index is 10.6. The molecular formula is C10H11ClN2O2. The molecule has 15 heavy (non-hydrogen) atoms. The molecule has 0 fully saturated rings. The summed E-state index contributed by atoms with van der Waals surface area (Å²) < 4.78 is 0. The molecule has 1 aromatic carbocycles. The molecule has 1 amide bonds. The summed E-state index contributed by atoms with van der Waals surface area (Å²) in [6, 6.07) is 7.39. The molecule has 0 aliphatic carbocycles. The highest BCUT2D eigenvalue weighted by Crippen LogP contribution is 2.14. The average Bonchev–Trinajstić information content (AvgIpc) is 2.26. The summed E-state index contributed by atoms with van der Waals surface area (Å²) in [4.78, 5) is 10.6. The second-order valence-electron chi connectivity index (χ2n) is 2.80. The van der Waals surface area contributed by atoms with Crippen LogP contribution >= 0.6 is 11.6 Å². The maximum Gasteiger partial charge on any atom is 0.265 e. The number of aliphatic hydroxyl groups excluding tert-OH is 1. The minimum Gasteiger partial charge on any atom is -0.386 e. The summed E-state index contributed by atoms with van der Waals surface area (Å²) in [5.74, 6) is -0.537. The molecule has 0 bridgehead atoms. The number of halogens is 1. The smallest absolute Gasteiger partial charge is 0.265 e. The molecule has 0 aromatic heterocycles. The molecule has 0 aliphatic heterocycles. The Hall–Kier alpha value is -1.39. The first-order valence-electron chi connectivity index (χ1n) is 4.38. The van der Waals surface area contributed by atoms with Gasteiger partial charge in [-0.2, -0.15) is 5.10 Å². The number of aliphatic hydroxyl groups is 1. The Morgan fingerprint density at radius 2 is 2.27 bits per heavy atom. The highest BCUT2D eigenvalue weighted by Gasteiger charge is 1.96. The van der Waals surface area contributed by atoms with Gasteiger partial charge in [-0.1, -0.05) is 29.8 Å². The number of carbonyl (C=O) groups is 1. The van der Waals surface area contributed by atoms with Gasteiger partial charge in [-0.15, -0.1) is 0 Å². The van der Waals surface area contributed by atoms with Gasteiger partial charge in [0.05, 0.1) is 0 Å². The summed E-state index contributed by atoms with van der Waals surface area (Å²) in [7, 11) is 0. The van der Waals surface area contributed by atoms with Crippen molar-refractivity contribution in [2.75, 3.05) is 6.61 Å². The molecule has 80 valence electrons. The van der Waals surface area contributed by atoms with E-state index in [9.17, 15) is 4.79 Å². The number of amides is 1. The number of benzene rings is 1.